The van der Waals surface area contributed by atoms with Crippen LogP contribution >= 0.6 is 0 Å². The van der Waals surface area contributed by atoms with E-state index in [1.807, 2.05) is 20.8 Å². The SMILES string of the molecule is CCN(CCCC(=O)O)c1cccc(S(=O)(=O)Nc2ccc(C(F)(F)F)c(-c3ccccc3C(C)C)n2)n1. The standard InChI is InChI=1S/C26H29F3N4O4S/c1-4-33(16-8-13-24(34)35)22-11-7-12-23(31-22)38(36,37)32-21-15-14-20(26(27,28)29)25(30-21)19-10-6-5-9-18(19)17(2)3/h5-7,9-12,14-15,17H,4,8,13,16H2,1-3H3,(H,30,32)(H,34,35). The highest BCUT2D eigenvalue weighted by Crippen LogP contribution is 2.39. The molecule has 3 rings (SSSR count). The summed E-state index contributed by atoms with van der Waals surface area (Å²) in [4.78, 5) is 20.8. The Hall–Kier alpha value is -3.67. The van der Waals surface area contributed by atoms with Crippen LogP contribution in [0.25, 0.3) is 11.3 Å². The highest BCUT2D eigenvalue weighted by atomic mass is 32.2. The van der Waals surface area contributed by atoms with Gasteiger partial charge in [0.1, 0.15) is 11.6 Å². The topological polar surface area (TPSA) is 112 Å². The van der Waals surface area contributed by atoms with Crippen molar-refractivity contribution in [2.75, 3.05) is 22.7 Å². The Morgan fingerprint density at radius 3 is 2.39 bits per heavy atom. The molecule has 0 fully saturated rings. The van der Waals surface area contributed by atoms with Gasteiger partial charge in [-0.1, -0.05) is 44.2 Å². The first kappa shape index (κ1) is 28.9. The number of halogens is 3. The smallest absolute Gasteiger partial charge is 0.418 e. The van der Waals surface area contributed by atoms with Gasteiger partial charge in [0.2, 0.25) is 0 Å². The molecule has 0 aliphatic carbocycles. The zero-order valence-corrected chi connectivity index (χ0v) is 22.0. The van der Waals surface area contributed by atoms with Crippen LogP contribution in [0.3, 0.4) is 0 Å². The zero-order valence-electron chi connectivity index (χ0n) is 21.2. The summed E-state index contributed by atoms with van der Waals surface area (Å²) < 4.78 is 70.1. The van der Waals surface area contributed by atoms with Crippen molar-refractivity contribution in [1.82, 2.24) is 9.97 Å². The van der Waals surface area contributed by atoms with Crippen molar-refractivity contribution in [3.8, 4) is 11.3 Å². The summed E-state index contributed by atoms with van der Waals surface area (Å²) in [7, 11) is -4.31. The molecule has 2 aromatic heterocycles. The van der Waals surface area contributed by atoms with E-state index in [2.05, 4.69) is 14.7 Å². The van der Waals surface area contributed by atoms with E-state index in [9.17, 15) is 26.4 Å². The summed E-state index contributed by atoms with van der Waals surface area (Å²) in [5, 5.41) is 8.52. The molecular weight excluding hydrogens is 521 g/mol. The van der Waals surface area contributed by atoms with E-state index in [1.165, 1.54) is 18.2 Å². The second-order valence-corrected chi connectivity index (χ2v) is 10.5. The quantitative estimate of drug-likeness (QED) is 0.311. The molecule has 0 aliphatic heterocycles. The molecule has 3 aromatic rings. The molecule has 0 atom stereocenters. The lowest BCUT2D eigenvalue weighted by molar-refractivity contribution is -0.138. The van der Waals surface area contributed by atoms with Crippen molar-refractivity contribution in [3.05, 3.63) is 65.7 Å². The predicted molar refractivity (Wildman–Crippen MR) is 139 cm³/mol. The molecule has 8 nitrogen and oxygen atoms in total. The number of pyridine rings is 2. The molecule has 0 bridgehead atoms. The maximum absolute atomic E-state index is 13.9. The molecule has 0 aliphatic rings. The molecule has 38 heavy (non-hydrogen) atoms. The number of nitrogens with one attached hydrogen (secondary N) is 1. The lowest BCUT2D eigenvalue weighted by atomic mass is 9.93. The highest BCUT2D eigenvalue weighted by molar-refractivity contribution is 7.92. The summed E-state index contributed by atoms with van der Waals surface area (Å²) in [6.07, 6.45) is -4.40. The molecule has 204 valence electrons. The minimum Gasteiger partial charge on any atom is -0.481 e. The number of rotatable bonds is 11. The minimum absolute atomic E-state index is 0.0437. The molecule has 0 amide bonds. The number of carbonyl (C=O) groups is 1. The maximum Gasteiger partial charge on any atom is 0.418 e. The van der Waals surface area contributed by atoms with E-state index in [1.54, 1.807) is 29.2 Å². The maximum atomic E-state index is 13.9. The third-order valence-corrected chi connectivity index (χ3v) is 7.04. The van der Waals surface area contributed by atoms with Gasteiger partial charge in [0, 0.05) is 25.1 Å². The van der Waals surface area contributed by atoms with Crippen LogP contribution in [0.4, 0.5) is 24.8 Å². The Bertz CT molecular complexity index is 1400. The van der Waals surface area contributed by atoms with Crippen molar-refractivity contribution in [2.45, 2.75) is 50.7 Å². The first-order chi connectivity index (χ1) is 17.8. The number of carboxylic acid groups (broad SMARTS) is 1. The fourth-order valence-electron chi connectivity index (χ4n) is 3.94. The first-order valence-electron chi connectivity index (χ1n) is 12.0. The monoisotopic (exact) mass is 550 g/mol. The van der Waals surface area contributed by atoms with Gasteiger partial charge in [0.25, 0.3) is 10.0 Å². The van der Waals surface area contributed by atoms with Crippen LogP contribution in [-0.2, 0) is 21.0 Å². The molecule has 2 N–H and O–H groups in total. The first-order valence-corrected chi connectivity index (χ1v) is 13.5. The van der Waals surface area contributed by atoms with Gasteiger partial charge in [-0.3, -0.25) is 9.52 Å². The fourth-order valence-corrected chi connectivity index (χ4v) is 4.91. The van der Waals surface area contributed by atoms with Crippen LogP contribution in [0, 0.1) is 0 Å². The van der Waals surface area contributed by atoms with Crippen molar-refractivity contribution in [3.63, 3.8) is 0 Å². The lowest BCUT2D eigenvalue weighted by Crippen LogP contribution is -2.26. The van der Waals surface area contributed by atoms with Crippen molar-refractivity contribution in [2.24, 2.45) is 0 Å². The Morgan fingerprint density at radius 1 is 1.05 bits per heavy atom. The molecule has 0 radical (unpaired) electrons. The number of aliphatic carboxylic acids is 1. The van der Waals surface area contributed by atoms with Gasteiger partial charge in [-0.25, -0.2) is 9.97 Å². The predicted octanol–water partition coefficient (Wildman–Crippen LogP) is 5.78. The largest absolute Gasteiger partial charge is 0.481 e. The van der Waals surface area contributed by atoms with E-state index >= 15 is 0 Å². The average Bonchev–Trinajstić information content (AvgIpc) is 2.85. The number of sulfonamides is 1. The van der Waals surface area contributed by atoms with Gasteiger partial charge in [0.05, 0.1) is 11.3 Å². The van der Waals surface area contributed by atoms with E-state index in [0.29, 0.717) is 30.9 Å². The summed E-state index contributed by atoms with van der Waals surface area (Å²) in [5.41, 5.74) is -0.453. The lowest BCUT2D eigenvalue weighted by Gasteiger charge is -2.22. The van der Waals surface area contributed by atoms with Crippen LogP contribution < -0.4 is 9.62 Å². The Kier molecular flexibility index (Phi) is 8.97. The van der Waals surface area contributed by atoms with Crippen molar-refractivity contribution in [1.29, 1.82) is 0 Å². The summed E-state index contributed by atoms with van der Waals surface area (Å²) in [5.74, 6) is -0.993. The third-order valence-electron chi connectivity index (χ3n) is 5.79. The number of aromatic nitrogens is 2. The van der Waals surface area contributed by atoms with Crippen LogP contribution in [0.5, 0.6) is 0 Å². The molecule has 0 saturated heterocycles. The molecule has 12 heteroatoms. The van der Waals surface area contributed by atoms with E-state index < -0.39 is 27.7 Å². The normalized spacial score (nSPS) is 12.0. The van der Waals surface area contributed by atoms with Crippen LogP contribution in [0.2, 0.25) is 0 Å². The number of nitrogens with zero attached hydrogens (tertiary/aromatic N) is 3. The van der Waals surface area contributed by atoms with Gasteiger partial charge in [0.15, 0.2) is 5.03 Å². The zero-order chi connectivity index (χ0) is 28.1. The Morgan fingerprint density at radius 2 is 1.76 bits per heavy atom. The minimum atomic E-state index is -4.70. The number of anilines is 2. The number of alkyl halides is 3. The Balaban J connectivity index is 1.98. The molecule has 0 unspecified atom stereocenters. The molecule has 0 spiro atoms. The third kappa shape index (κ3) is 7.00. The summed E-state index contributed by atoms with van der Waals surface area (Å²) >= 11 is 0. The Labute approximate surface area is 219 Å². The second kappa shape index (κ2) is 11.8. The fraction of sp³-hybridized carbons (Fsp3) is 0.346. The molecule has 2 heterocycles. The van der Waals surface area contributed by atoms with Gasteiger partial charge in [-0.15, -0.1) is 0 Å². The van der Waals surface area contributed by atoms with Crippen LogP contribution in [-0.4, -0.2) is 42.6 Å². The number of carboxylic acids is 1. The number of hydrogen-bond donors (Lipinski definition) is 2. The summed E-state index contributed by atoms with van der Waals surface area (Å²) in [6.45, 7) is 6.33. The average molecular weight is 551 g/mol. The van der Waals surface area contributed by atoms with Gasteiger partial charge < -0.3 is 10.0 Å². The summed E-state index contributed by atoms with van der Waals surface area (Å²) in [6, 6.07) is 12.7. The van der Waals surface area contributed by atoms with E-state index in [4.69, 9.17) is 5.11 Å². The van der Waals surface area contributed by atoms with Crippen molar-refractivity contribution < 1.29 is 31.5 Å². The van der Waals surface area contributed by atoms with Gasteiger partial charge in [-0.2, -0.15) is 21.6 Å². The van der Waals surface area contributed by atoms with Crippen molar-refractivity contribution >= 4 is 27.6 Å². The molecular formula is C26H29F3N4O4S. The highest BCUT2D eigenvalue weighted by Gasteiger charge is 2.35. The molecule has 1 aromatic carbocycles. The van der Waals surface area contributed by atoms with Crippen LogP contribution in [0.15, 0.2) is 59.6 Å². The van der Waals surface area contributed by atoms with Gasteiger partial charge >= 0.3 is 12.1 Å². The van der Waals surface area contributed by atoms with E-state index in [-0.39, 0.29) is 34.4 Å². The molecule has 0 saturated carbocycles. The van der Waals surface area contributed by atoms with Gasteiger partial charge in [-0.05, 0) is 49.1 Å². The van der Waals surface area contributed by atoms with Crippen LogP contribution in [0.1, 0.15) is 50.7 Å². The number of benzene rings is 1. The number of hydrogen-bond acceptors (Lipinski definition) is 6. The second-order valence-electron chi connectivity index (χ2n) is 8.85. The van der Waals surface area contributed by atoms with E-state index in [0.717, 1.165) is 12.1 Å².